The van der Waals surface area contributed by atoms with Crippen molar-refractivity contribution in [1.29, 1.82) is 5.26 Å². The Balaban J connectivity index is 1.02. The normalized spacial score (nSPS) is 18.9. The number of hydrogen-bond donors (Lipinski definition) is 1. The number of anilines is 2. The standard InChI is InChI=1S/C42H43ClF4N6O5S/c1-41(2)39(57)52(32-5-3-30(24-48)35(23-32)42(45,46)47)40(59)53(41)33-6-7-36(28(22-33)9-10-44)58-16-15-50-11-13-51(14-12-50)25-34(54)21-27-17-26(19-31(43)20-27)18-29-4-8-37(55)49-38(29)56/h3,5-7,17,19-20,22-23,29H,4,8-16,18,21,25H2,1-2H3,(H,49,55,56). The number of nitrogens with one attached hydrogen (secondary N) is 1. The van der Waals surface area contributed by atoms with Gasteiger partial charge in [-0.2, -0.15) is 18.4 Å². The SMILES string of the molecule is CC1(C)C(=O)N(c2ccc(C#N)c(C(F)(F)F)c2)C(=S)N1c1ccc(OCCN2CCN(CC(=O)Cc3cc(Cl)cc(CC4CCC(=O)NC4=O)c3)CC2)c(CCF)c1. The number of halogens is 5. The number of nitriles is 1. The molecule has 1 unspecified atom stereocenters. The number of alkyl halides is 4. The number of piperazine rings is 1. The third-order valence-corrected chi connectivity index (χ3v) is 11.4. The number of piperidine rings is 1. The summed E-state index contributed by atoms with van der Waals surface area (Å²) in [6, 6.07) is 15.0. The highest BCUT2D eigenvalue weighted by Crippen LogP contribution is 2.40. The maximum absolute atomic E-state index is 13.8. The summed E-state index contributed by atoms with van der Waals surface area (Å²) in [5.41, 5.74) is -0.631. The van der Waals surface area contributed by atoms with Crippen molar-refractivity contribution in [2.45, 2.75) is 57.7 Å². The molecule has 1 atom stereocenters. The van der Waals surface area contributed by atoms with E-state index in [0.717, 1.165) is 28.2 Å². The highest BCUT2D eigenvalue weighted by atomic mass is 35.5. The van der Waals surface area contributed by atoms with Gasteiger partial charge >= 0.3 is 6.18 Å². The molecule has 0 aliphatic carbocycles. The Morgan fingerprint density at radius 2 is 1.69 bits per heavy atom. The summed E-state index contributed by atoms with van der Waals surface area (Å²) in [7, 11) is 0. The number of thiocarbonyl (C=S) groups is 1. The van der Waals surface area contributed by atoms with Crippen molar-refractivity contribution in [2.75, 3.05) is 62.3 Å². The molecular weight excluding hydrogens is 812 g/mol. The Bertz CT molecular complexity index is 2190. The van der Waals surface area contributed by atoms with Crippen molar-refractivity contribution in [3.05, 3.63) is 87.4 Å². The molecule has 3 amide bonds. The quantitative estimate of drug-likeness (QED) is 0.116. The molecule has 3 heterocycles. The largest absolute Gasteiger partial charge is 0.492 e. The Hall–Kier alpha value is -4.95. The second-order valence-corrected chi connectivity index (χ2v) is 16.2. The lowest BCUT2D eigenvalue weighted by molar-refractivity contribution is -0.138. The number of nitrogens with zero attached hydrogens (tertiary/aromatic N) is 5. The van der Waals surface area contributed by atoms with E-state index in [1.807, 2.05) is 6.07 Å². The number of ether oxygens (including phenoxy) is 1. The summed E-state index contributed by atoms with van der Waals surface area (Å²) >= 11 is 12.0. The van der Waals surface area contributed by atoms with Gasteiger partial charge in [0.15, 0.2) is 10.9 Å². The number of benzene rings is 3. The smallest absolute Gasteiger partial charge is 0.417 e. The molecule has 3 aliphatic heterocycles. The number of ketones is 1. The van der Waals surface area contributed by atoms with Crippen LogP contribution in [0.2, 0.25) is 5.02 Å². The third-order valence-electron chi connectivity index (χ3n) is 10.8. The van der Waals surface area contributed by atoms with Gasteiger partial charge in [-0.1, -0.05) is 17.7 Å². The molecule has 59 heavy (non-hydrogen) atoms. The van der Waals surface area contributed by atoms with E-state index in [1.54, 1.807) is 44.2 Å². The number of amides is 3. The summed E-state index contributed by atoms with van der Waals surface area (Å²) in [6.45, 7) is 6.40. The van der Waals surface area contributed by atoms with Crippen molar-refractivity contribution in [2.24, 2.45) is 5.92 Å². The van der Waals surface area contributed by atoms with E-state index in [4.69, 9.17) is 28.6 Å². The van der Waals surface area contributed by atoms with Gasteiger partial charge in [-0.3, -0.25) is 43.6 Å². The lowest BCUT2D eigenvalue weighted by atomic mass is 9.90. The zero-order chi connectivity index (χ0) is 42.6. The minimum atomic E-state index is -4.83. The Kier molecular flexibility index (Phi) is 13.4. The first-order chi connectivity index (χ1) is 28.0. The van der Waals surface area contributed by atoms with Gasteiger partial charge in [0.05, 0.1) is 36.1 Å². The van der Waals surface area contributed by atoms with Crippen LogP contribution in [-0.4, -0.2) is 96.5 Å². The monoisotopic (exact) mass is 854 g/mol. The predicted octanol–water partition coefficient (Wildman–Crippen LogP) is 6.06. The number of hydrogen-bond acceptors (Lipinski definition) is 9. The fourth-order valence-electron chi connectivity index (χ4n) is 7.75. The molecule has 0 saturated carbocycles. The van der Waals surface area contributed by atoms with Crippen LogP contribution in [-0.2, 0) is 44.6 Å². The lowest BCUT2D eigenvalue weighted by Crippen LogP contribution is -2.48. The molecule has 0 radical (unpaired) electrons. The Labute approximate surface area is 349 Å². The van der Waals surface area contributed by atoms with Crippen LogP contribution >= 0.6 is 23.8 Å². The topological polar surface area (TPSA) is 126 Å². The Morgan fingerprint density at radius 3 is 2.37 bits per heavy atom. The zero-order valence-electron chi connectivity index (χ0n) is 32.5. The number of imide groups is 1. The molecule has 0 bridgehead atoms. The van der Waals surface area contributed by atoms with Crippen LogP contribution in [0.25, 0.3) is 0 Å². The molecular formula is C42H43ClF4N6O5S. The molecule has 3 saturated heterocycles. The van der Waals surface area contributed by atoms with Crippen molar-refractivity contribution in [1.82, 2.24) is 15.1 Å². The van der Waals surface area contributed by atoms with Gasteiger partial charge in [0.25, 0.3) is 5.91 Å². The minimum absolute atomic E-state index is 0.00939. The van der Waals surface area contributed by atoms with Crippen molar-refractivity contribution in [3.63, 3.8) is 0 Å². The van der Waals surface area contributed by atoms with Gasteiger partial charge in [-0.15, -0.1) is 0 Å². The van der Waals surface area contributed by atoms with Crippen LogP contribution in [0.5, 0.6) is 5.75 Å². The van der Waals surface area contributed by atoms with E-state index in [0.29, 0.717) is 80.6 Å². The van der Waals surface area contributed by atoms with Crippen molar-refractivity contribution in [3.8, 4) is 11.8 Å². The average Bonchev–Trinajstić information content (AvgIpc) is 3.35. The maximum atomic E-state index is 13.8. The summed E-state index contributed by atoms with van der Waals surface area (Å²) in [6.07, 6.45) is -3.42. The average molecular weight is 855 g/mol. The van der Waals surface area contributed by atoms with Crippen molar-refractivity contribution >= 4 is 63.8 Å². The molecule has 312 valence electrons. The zero-order valence-corrected chi connectivity index (χ0v) is 34.1. The van der Waals surface area contributed by atoms with Crippen LogP contribution in [0.15, 0.2) is 54.6 Å². The summed E-state index contributed by atoms with van der Waals surface area (Å²) in [4.78, 5) is 57.3. The second kappa shape index (κ2) is 18.1. The molecule has 3 aromatic carbocycles. The molecule has 0 aromatic heterocycles. The highest BCUT2D eigenvalue weighted by molar-refractivity contribution is 7.81. The first-order valence-corrected chi connectivity index (χ1v) is 20.0. The van der Waals surface area contributed by atoms with E-state index < -0.39 is 35.4 Å². The summed E-state index contributed by atoms with van der Waals surface area (Å²) in [5, 5.41) is 12.0. The van der Waals surface area contributed by atoms with Crippen molar-refractivity contribution < 1.29 is 41.5 Å². The van der Waals surface area contributed by atoms with E-state index in [9.17, 15) is 42.0 Å². The number of Topliss-reactive ketones (excluding diaryl/α,β-unsaturated/α-hetero) is 1. The first-order valence-electron chi connectivity index (χ1n) is 19.2. The molecule has 3 aromatic rings. The van der Waals surface area contributed by atoms with E-state index in [-0.39, 0.29) is 53.7 Å². The molecule has 3 fully saturated rings. The minimum Gasteiger partial charge on any atom is -0.492 e. The number of carbonyl (C=O) groups is 4. The van der Waals surface area contributed by atoms with Crippen LogP contribution in [0.4, 0.5) is 28.9 Å². The van der Waals surface area contributed by atoms with E-state index in [2.05, 4.69) is 15.1 Å². The second-order valence-electron chi connectivity index (χ2n) is 15.4. The predicted molar refractivity (Wildman–Crippen MR) is 217 cm³/mol. The number of aryl methyl sites for hydroxylation is 1. The van der Waals surface area contributed by atoms with Crippen LogP contribution in [0.3, 0.4) is 0 Å². The number of carbonyl (C=O) groups excluding carboxylic acids is 4. The highest BCUT2D eigenvalue weighted by Gasteiger charge is 2.51. The fourth-order valence-corrected chi connectivity index (χ4v) is 8.55. The molecule has 11 nitrogen and oxygen atoms in total. The van der Waals surface area contributed by atoms with Gasteiger partial charge < -0.3 is 9.64 Å². The van der Waals surface area contributed by atoms with Crippen LogP contribution in [0, 0.1) is 17.2 Å². The summed E-state index contributed by atoms with van der Waals surface area (Å²) < 4.78 is 61.2. The molecule has 3 aliphatic rings. The van der Waals surface area contributed by atoms with Crippen LogP contribution in [0.1, 0.15) is 54.5 Å². The number of rotatable bonds is 14. The lowest BCUT2D eigenvalue weighted by Gasteiger charge is -2.34. The van der Waals surface area contributed by atoms with Crippen LogP contribution < -0.4 is 19.9 Å². The van der Waals surface area contributed by atoms with E-state index in [1.165, 1.54) is 17.0 Å². The maximum Gasteiger partial charge on any atom is 0.417 e. The Morgan fingerprint density at radius 1 is 1.00 bits per heavy atom. The van der Waals surface area contributed by atoms with Gasteiger partial charge in [-0.25, -0.2) is 0 Å². The fraction of sp³-hybridized carbons (Fsp3) is 0.429. The molecule has 17 heteroatoms. The van der Waals surface area contributed by atoms with Gasteiger partial charge in [0, 0.05) is 68.6 Å². The van der Waals surface area contributed by atoms with Gasteiger partial charge in [-0.05, 0) is 104 Å². The first kappa shape index (κ1) is 43.6. The molecule has 1 N–H and O–H groups in total. The third kappa shape index (κ3) is 10.1. The molecule has 0 spiro atoms. The van der Waals surface area contributed by atoms with Gasteiger partial charge in [0.1, 0.15) is 17.9 Å². The molecule has 6 rings (SSSR count). The summed E-state index contributed by atoms with van der Waals surface area (Å²) in [5.74, 6) is -0.964. The van der Waals surface area contributed by atoms with E-state index >= 15 is 0 Å². The van der Waals surface area contributed by atoms with Gasteiger partial charge in [0.2, 0.25) is 11.8 Å².